The number of nitrogens with zero attached hydrogens (tertiary/aromatic N) is 2. The van der Waals surface area contributed by atoms with Crippen LogP contribution in [0.5, 0.6) is 0 Å². The summed E-state index contributed by atoms with van der Waals surface area (Å²) in [4.78, 5) is 13.7. The highest BCUT2D eigenvalue weighted by Gasteiger charge is 2.35. The van der Waals surface area contributed by atoms with Gasteiger partial charge in [-0.1, -0.05) is 12.1 Å². The minimum absolute atomic E-state index is 0.0374. The summed E-state index contributed by atoms with van der Waals surface area (Å²) in [5, 5.41) is 11.4. The summed E-state index contributed by atoms with van der Waals surface area (Å²) < 4.78 is 0. The van der Waals surface area contributed by atoms with Crippen molar-refractivity contribution < 1.29 is 10.0 Å². The smallest absolute Gasteiger partial charge is 0.225 e. The van der Waals surface area contributed by atoms with Gasteiger partial charge >= 0.3 is 0 Å². The van der Waals surface area contributed by atoms with Crippen LogP contribution >= 0.6 is 0 Å². The van der Waals surface area contributed by atoms with E-state index in [4.69, 9.17) is 10.9 Å². The summed E-state index contributed by atoms with van der Waals surface area (Å²) in [6, 6.07) is -0.0374. The van der Waals surface area contributed by atoms with Gasteiger partial charge in [-0.05, 0) is 25.7 Å². The molecule has 1 aliphatic rings. The highest BCUT2D eigenvalue weighted by Crippen LogP contribution is 2.37. The zero-order valence-electron chi connectivity index (χ0n) is 10.2. The molecule has 0 bridgehead atoms. The van der Waals surface area contributed by atoms with E-state index >= 15 is 0 Å². The molecule has 2 atom stereocenters. The number of amides is 1. The van der Waals surface area contributed by atoms with E-state index in [1.165, 1.54) is 0 Å². The van der Waals surface area contributed by atoms with E-state index in [1.54, 1.807) is 11.9 Å². The summed E-state index contributed by atoms with van der Waals surface area (Å²) in [7, 11) is 1.77. The fourth-order valence-corrected chi connectivity index (χ4v) is 1.82. The molecule has 0 spiro atoms. The molecule has 16 heavy (non-hydrogen) atoms. The van der Waals surface area contributed by atoms with Crippen molar-refractivity contribution in [1.82, 2.24) is 4.90 Å². The van der Waals surface area contributed by atoms with E-state index < -0.39 is 0 Å². The molecule has 1 rings (SSSR count). The van der Waals surface area contributed by atoms with Crippen LogP contribution in [0.2, 0.25) is 0 Å². The Morgan fingerprint density at radius 1 is 1.56 bits per heavy atom. The Kier molecular flexibility index (Phi) is 4.15. The summed E-state index contributed by atoms with van der Waals surface area (Å²) in [5.41, 5.74) is 5.42. The van der Waals surface area contributed by atoms with Gasteiger partial charge in [0.1, 0.15) is 5.84 Å². The second-order valence-corrected chi connectivity index (χ2v) is 4.72. The number of hydrogen-bond acceptors (Lipinski definition) is 3. The van der Waals surface area contributed by atoms with Crippen molar-refractivity contribution in [3.05, 3.63) is 0 Å². The molecule has 0 heterocycles. The van der Waals surface area contributed by atoms with Crippen LogP contribution in [0.1, 0.15) is 33.1 Å². The second-order valence-electron chi connectivity index (χ2n) is 4.72. The minimum atomic E-state index is -0.0374. The van der Waals surface area contributed by atoms with Crippen LogP contribution in [0.4, 0.5) is 0 Å². The quantitative estimate of drug-likeness (QED) is 0.318. The molecule has 0 aromatic heterocycles. The van der Waals surface area contributed by atoms with Crippen molar-refractivity contribution in [2.75, 3.05) is 7.05 Å². The lowest BCUT2D eigenvalue weighted by Crippen LogP contribution is -2.41. The first-order valence-electron chi connectivity index (χ1n) is 5.70. The van der Waals surface area contributed by atoms with Gasteiger partial charge in [0, 0.05) is 25.4 Å². The highest BCUT2D eigenvalue weighted by atomic mass is 16.4. The van der Waals surface area contributed by atoms with E-state index in [1.807, 2.05) is 13.8 Å². The van der Waals surface area contributed by atoms with Crippen molar-refractivity contribution >= 4 is 11.7 Å². The molecule has 0 saturated heterocycles. The van der Waals surface area contributed by atoms with Crippen LogP contribution in [0.3, 0.4) is 0 Å². The van der Waals surface area contributed by atoms with Crippen molar-refractivity contribution in [3.8, 4) is 0 Å². The van der Waals surface area contributed by atoms with Gasteiger partial charge in [-0.25, -0.2) is 0 Å². The molecule has 5 heteroatoms. The third-order valence-corrected chi connectivity index (χ3v) is 3.36. The van der Waals surface area contributed by atoms with Crippen LogP contribution in [-0.4, -0.2) is 34.9 Å². The summed E-state index contributed by atoms with van der Waals surface area (Å²) in [6.45, 7) is 3.88. The number of nitrogens with two attached hydrogens (primary N) is 1. The molecular formula is C11H21N3O2. The molecule has 1 fully saturated rings. The lowest BCUT2D eigenvalue weighted by Gasteiger charge is -2.27. The van der Waals surface area contributed by atoms with Gasteiger partial charge in [-0.15, -0.1) is 0 Å². The predicted octanol–water partition coefficient (Wildman–Crippen LogP) is 1.02. The molecule has 0 aliphatic heterocycles. The monoisotopic (exact) mass is 227 g/mol. The zero-order chi connectivity index (χ0) is 12.3. The van der Waals surface area contributed by atoms with Crippen molar-refractivity contribution in [2.24, 2.45) is 22.7 Å². The molecule has 1 aliphatic carbocycles. The number of carbonyl (C=O) groups excluding carboxylic acids is 1. The third kappa shape index (κ3) is 3.12. The number of oxime groups is 1. The van der Waals surface area contributed by atoms with E-state index in [9.17, 15) is 4.79 Å². The zero-order valence-corrected chi connectivity index (χ0v) is 10.2. The Morgan fingerprint density at radius 2 is 2.12 bits per heavy atom. The SMILES string of the molecule is CC(C(=O)N(C)C(C)CC(N)=NO)C1CC1. The van der Waals surface area contributed by atoms with Crippen LogP contribution in [0.15, 0.2) is 5.16 Å². The topological polar surface area (TPSA) is 78.9 Å². The first-order valence-corrected chi connectivity index (χ1v) is 5.70. The van der Waals surface area contributed by atoms with Crippen LogP contribution in [-0.2, 0) is 4.79 Å². The molecule has 0 aromatic carbocycles. The maximum Gasteiger partial charge on any atom is 0.225 e. The number of carbonyl (C=O) groups is 1. The maximum atomic E-state index is 12.0. The van der Waals surface area contributed by atoms with Crippen molar-refractivity contribution in [2.45, 2.75) is 39.2 Å². The third-order valence-electron chi connectivity index (χ3n) is 3.36. The average Bonchev–Trinajstić information content (AvgIpc) is 3.09. The Balaban J connectivity index is 2.48. The molecule has 0 aromatic rings. The Morgan fingerprint density at radius 3 is 2.56 bits per heavy atom. The Labute approximate surface area is 96.3 Å². The number of rotatable bonds is 5. The Bertz CT molecular complexity index is 287. The fraction of sp³-hybridized carbons (Fsp3) is 0.818. The molecule has 1 amide bonds. The van der Waals surface area contributed by atoms with Gasteiger partial charge in [0.25, 0.3) is 0 Å². The molecular weight excluding hydrogens is 206 g/mol. The highest BCUT2D eigenvalue weighted by molar-refractivity contribution is 5.82. The second kappa shape index (κ2) is 5.18. The lowest BCUT2D eigenvalue weighted by molar-refractivity contribution is -0.136. The fourth-order valence-electron chi connectivity index (χ4n) is 1.82. The summed E-state index contributed by atoms with van der Waals surface area (Å²) in [6.07, 6.45) is 2.72. The molecule has 5 nitrogen and oxygen atoms in total. The maximum absolute atomic E-state index is 12.0. The molecule has 1 saturated carbocycles. The van der Waals surface area contributed by atoms with Gasteiger partial charge in [-0.3, -0.25) is 4.79 Å². The van der Waals surface area contributed by atoms with Gasteiger partial charge in [0.05, 0.1) is 0 Å². The minimum Gasteiger partial charge on any atom is -0.409 e. The summed E-state index contributed by atoms with van der Waals surface area (Å²) in [5.74, 6) is 0.970. The van der Waals surface area contributed by atoms with Gasteiger partial charge < -0.3 is 15.8 Å². The van der Waals surface area contributed by atoms with Gasteiger partial charge in [0.2, 0.25) is 5.91 Å². The van der Waals surface area contributed by atoms with E-state index in [0.29, 0.717) is 12.3 Å². The normalized spacial score (nSPS) is 20.3. The van der Waals surface area contributed by atoms with Crippen molar-refractivity contribution in [1.29, 1.82) is 0 Å². The molecule has 3 N–H and O–H groups in total. The van der Waals surface area contributed by atoms with Crippen molar-refractivity contribution in [3.63, 3.8) is 0 Å². The molecule has 2 unspecified atom stereocenters. The molecule has 92 valence electrons. The number of hydrogen-bond donors (Lipinski definition) is 2. The average molecular weight is 227 g/mol. The van der Waals surface area contributed by atoms with E-state index in [2.05, 4.69) is 5.16 Å². The largest absolute Gasteiger partial charge is 0.409 e. The summed E-state index contributed by atoms with van der Waals surface area (Å²) >= 11 is 0. The van der Waals surface area contributed by atoms with E-state index in [-0.39, 0.29) is 23.7 Å². The van der Waals surface area contributed by atoms with Crippen LogP contribution in [0, 0.1) is 11.8 Å². The van der Waals surface area contributed by atoms with Crippen LogP contribution in [0.25, 0.3) is 0 Å². The predicted molar refractivity (Wildman–Crippen MR) is 62.1 cm³/mol. The number of amidine groups is 1. The Hall–Kier alpha value is -1.26. The lowest BCUT2D eigenvalue weighted by atomic mass is 10.0. The first-order chi connectivity index (χ1) is 7.47. The van der Waals surface area contributed by atoms with Gasteiger partial charge in [-0.2, -0.15) is 0 Å². The first kappa shape index (κ1) is 12.8. The molecule has 0 radical (unpaired) electrons. The van der Waals surface area contributed by atoms with Gasteiger partial charge in [0.15, 0.2) is 0 Å². The van der Waals surface area contributed by atoms with Crippen LogP contribution < -0.4 is 5.73 Å². The standard InChI is InChI=1S/C11H21N3O2/c1-7(6-10(12)13-16)14(3)11(15)8(2)9-4-5-9/h7-9,16H,4-6H2,1-3H3,(H2,12,13). The van der Waals surface area contributed by atoms with E-state index in [0.717, 1.165) is 12.8 Å².